The van der Waals surface area contributed by atoms with Crippen molar-refractivity contribution in [1.29, 1.82) is 0 Å². The van der Waals surface area contributed by atoms with Crippen molar-refractivity contribution in [3.63, 3.8) is 0 Å². The van der Waals surface area contributed by atoms with Gasteiger partial charge in [0, 0.05) is 18.7 Å². The van der Waals surface area contributed by atoms with E-state index in [1.165, 1.54) is 0 Å². The summed E-state index contributed by atoms with van der Waals surface area (Å²) in [6.45, 7) is 4.45. The average molecular weight is 369 g/mol. The number of anilines is 1. The van der Waals surface area contributed by atoms with Crippen molar-refractivity contribution in [1.82, 2.24) is 10.2 Å². The third-order valence-electron chi connectivity index (χ3n) is 4.81. The van der Waals surface area contributed by atoms with Gasteiger partial charge < -0.3 is 20.0 Å². The number of hydrogen-bond acceptors (Lipinski definition) is 4. The molecule has 2 N–H and O–H groups in total. The Morgan fingerprint density at radius 1 is 1.22 bits per heavy atom. The number of rotatable bonds is 6. The van der Waals surface area contributed by atoms with Gasteiger partial charge in [-0.15, -0.1) is 0 Å². The predicted octanol–water partition coefficient (Wildman–Crippen LogP) is 2.00. The van der Waals surface area contributed by atoms with Gasteiger partial charge in [0.15, 0.2) is 0 Å². The maximum absolute atomic E-state index is 12.3. The molecule has 1 aromatic carbocycles. The number of nitrogens with zero attached hydrogens (tertiary/aromatic N) is 1. The molecular formula is C20H23N3O4. The van der Waals surface area contributed by atoms with Gasteiger partial charge in [-0.05, 0) is 43.2 Å². The molecule has 0 radical (unpaired) electrons. The molecule has 1 aliphatic rings. The molecule has 2 heterocycles. The standard InChI is InChI=1S/C20H23N3O4/c1-13-5-3-7-17(14(13)2)22-18(24)10-21-20(26)15-9-19(25)23(11-15)12-16-6-4-8-27-16/h3-8,15H,9-12H2,1-2H3,(H,21,26)(H,22,24)/t15-/m1/s1. The topological polar surface area (TPSA) is 91.7 Å². The van der Waals surface area contributed by atoms with Crippen molar-refractivity contribution < 1.29 is 18.8 Å². The average Bonchev–Trinajstić information content (AvgIpc) is 3.27. The fraction of sp³-hybridized carbons (Fsp3) is 0.350. The molecule has 7 nitrogen and oxygen atoms in total. The van der Waals surface area contributed by atoms with Gasteiger partial charge in [0.1, 0.15) is 5.76 Å². The van der Waals surface area contributed by atoms with E-state index in [0.29, 0.717) is 18.8 Å². The number of carbonyl (C=O) groups is 3. The zero-order chi connectivity index (χ0) is 19.4. The van der Waals surface area contributed by atoms with Crippen molar-refractivity contribution in [3.8, 4) is 0 Å². The fourth-order valence-corrected chi connectivity index (χ4v) is 3.08. The van der Waals surface area contributed by atoms with Crippen LogP contribution in [0.4, 0.5) is 5.69 Å². The molecule has 142 valence electrons. The lowest BCUT2D eigenvalue weighted by molar-refractivity contribution is -0.129. The molecule has 3 amide bonds. The molecule has 1 fully saturated rings. The summed E-state index contributed by atoms with van der Waals surface area (Å²) in [4.78, 5) is 38.1. The maximum atomic E-state index is 12.3. The monoisotopic (exact) mass is 369 g/mol. The van der Waals surface area contributed by atoms with Gasteiger partial charge in [0.25, 0.3) is 0 Å². The molecule has 1 aromatic heterocycles. The number of hydrogen-bond donors (Lipinski definition) is 2. The molecule has 2 aromatic rings. The summed E-state index contributed by atoms with van der Waals surface area (Å²) >= 11 is 0. The molecule has 1 atom stereocenters. The summed E-state index contributed by atoms with van der Waals surface area (Å²) < 4.78 is 5.25. The second-order valence-electron chi connectivity index (χ2n) is 6.77. The zero-order valence-corrected chi connectivity index (χ0v) is 15.5. The molecule has 7 heteroatoms. The SMILES string of the molecule is Cc1cccc(NC(=O)CNC(=O)[C@@H]2CC(=O)N(Cc3ccco3)C2)c1C. The first-order valence-electron chi connectivity index (χ1n) is 8.88. The first-order chi connectivity index (χ1) is 12.9. The van der Waals surface area contributed by atoms with Gasteiger partial charge in [0.2, 0.25) is 17.7 Å². The van der Waals surface area contributed by atoms with Gasteiger partial charge in [-0.2, -0.15) is 0 Å². The number of likely N-dealkylation sites (tertiary alicyclic amines) is 1. The molecule has 0 bridgehead atoms. The highest BCUT2D eigenvalue weighted by molar-refractivity contribution is 5.96. The van der Waals surface area contributed by atoms with Gasteiger partial charge in [-0.25, -0.2) is 0 Å². The lowest BCUT2D eigenvalue weighted by Crippen LogP contribution is -2.37. The van der Waals surface area contributed by atoms with Crippen molar-refractivity contribution in [2.75, 3.05) is 18.4 Å². The van der Waals surface area contributed by atoms with E-state index in [0.717, 1.165) is 16.8 Å². The minimum absolute atomic E-state index is 0.0913. The van der Waals surface area contributed by atoms with Crippen LogP contribution in [0, 0.1) is 19.8 Å². The summed E-state index contributed by atoms with van der Waals surface area (Å²) in [5.41, 5.74) is 2.81. The van der Waals surface area contributed by atoms with Crippen LogP contribution < -0.4 is 10.6 Å². The Bertz CT molecular complexity index is 845. The van der Waals surface area contributed by atoms with E-state index in [4.69, 9.17) is 4.42 Å². The molecular weight excluding hydrogens is 346 g/mol. The first-order valence-corrected chi connectivity index (χ1v) is 8.88. The largest absolute Gasteiger partial charge is 0.467 e. The molecule has 0 spiro atoms. The van der Waals surface area contributed by atoms with E-state index in [9.17, 15) is 14.4 Å². The van der Waals surface area contributed by atoms with E-state index in [1.54, 1.807) is 23.3 Å². The van der Waals surface area contributed by atoms with Crippen LogP contribution in [-0.4, -0.2) is 35.7 Å². The Morgan fingerprint density at radius 3 is 2.78 bits per heavy atom. The van der Waals surface area contributed by atoms with Gasteiger partial charge >= 0.3 is 0 Å². The number of amides is 3. The van der Waals surface area contributed by atoms with Gasteiger partial charge in [0.05, 0.1) is 25.3 Å². The van der Waals surface area contributed by atoms with E-state index in [-0.39, 0.29) is 30.7 Å². The molecule has 0 unspecified atom stereocenters. The third-order valence-corrected chi connectivity index (χ3v) is 4.81. The fourth-order valence-electron chi connectivity index (χ4n) is 3.08. The van der Waals surface area contributed by atoms with Crippen molar-refractivity contribution in [2.24, 2.45) is 5.92 Å². The third kappa shape index (κ3) is 4.55. The van der Waals surface area contributed by atoms with Crippen LogP contribution in [0.2, 0.25) is 0 Å². The highest BCUT2D eigenvalue weighted by Gasteiger charge is 2.34. The summed E-state index contributed by atoms with van der Waals surface area (Å²) in [6.07, 6.45) is 1.69. The summed E-state index contributed by atoms with van der Waals surface area (Å²) in [5, 5.41) is 5.43. The van der Waals surface area contributed by atoms with Crippen LogP contribution in [0.15, 0.2) is 41.0 Å². The minimum Gasteiger partial charge on any atom is -0.467 e. The molecule has 1 aliphatic heterocycles. The Kier molecular flexibility index (Phi) is 5.59. The lowest BCUT2D eigenvalue weighted by atomic mass is 10.1. The smallest absolute Gasteiger partial charge is 0.243 e. The maximum Gasteiger partial charge on any atom is 0.243 e. The van der Waals surface area contributed by atoms with E-state index in [2.05, 4.69) is 10.6 Å². The van der Waals surface area contributed by atoms with Crippen LogP contribution in [0.25, 0.3) is 0 Å². The second-order valence-corrected chi connectivity index (χ2v) is 6.77. The Hall–Kier alpha value is -3.09. The number of nitrogens with one attached hydrogen (secondary N) is 2. The number of furan rings is 1. The van der Waals surface area contributed by atoms with E-state index >= 15 is 0 Å². The number of benzene rings is 1. The van der Waals surface area contributed by atoms with Crippen LogP contribution in [0.5, 0.6) is 0 Å². The van der Waals surface area contributed by atoms with Crippen LogP contribution >= 0.6 is 0 Å². The zero-order valence-electron chi connectivity index (χ0n) is 15.5. The predicted molar refractivity (Wildman–Crippen MR) is 99.8 cm³/mol. The number of carbonyl (C=O) groups excluding carboxylic acids is 3. The Balaban J connectivity index is 1.48. The van der Waals surface area contributed by atoms with Crippen molar-refractivity contribution in [2.45, 2.75) is 26.8 Å². The second kappa shape index (κ2) is 8.07. The highest BCUT2D eigenvalue weighted by atomic mass is 16.3. The summed E-state index contributed by atoms with van der Waals surface area (Å²) in [6, 6.07) is 9.21. The summed E-state index contributed by atoms with van der Waals surface area (Å²) in [5.74, 6) is -0.458. The normalized spacial score (nSPS) is 16.4. The Morgan fingerprint density at radius 2 is 2.04 bits per heavy atom. The molecule has 0 saturated carbocycles. The van der Waals surface area contributed by atoms with Crippen LogP contribution in [-0.2, 0) is 20.9 Å². The van der Waals surface area contributed by atoms with Crippen LogP contribution in [0.1, 0.15) is 23.3 Å². The van der Waals surface area contributed by atoms with Crippen LogP contribution in [0.3, 0.4) is 0 Å². The van der Waals surface area contributed by atoms with Gasteiger partial charge in [-0.1, -0.05) is 12.1 Å². The molecule has 27 heavy (non-hydrogen) atoms. The van der Waals surface area contributed by atoms with Crippen molar-refractivity contribution in [3.05, 3.63) is 53.5 Å². The molecule has 0 aliphatic carbocycles. The number of aryl methyl sites for hydroxylation is 1. The highest BCUT2D eigenvalue weighted by Crippen LogP contribution is 2.21. The minimum atomic E-state index is -0.457. The quantitative estimate of drug-likeness (QED) is 0.815. The lowest BCUT2D eigenvalue weighted by Gasteiger charge is -2.15. The Labute approximate surface area is 157 Å². The first kappa shape index (κ1) is 18.7. The molecule has 3 rings (SSSR count). The van der Waals surface area contributed by atoms with Gasteiger partial charge in [-0.3, -0.25) is 14.4 Å². The summed E-state index contributed by atoms with van der Waals surface area (Å²) in [7, 11) is 0. The van der Waals surface area contributed by atoms with E-state index < -0.39 is 5.92 Å². The van der Waals surface area contributed by atoms with E-state index in [1.807, 2.05) is 32.0 Å². The molecule has 1 saturated heterocycles. The van der Waals surface area contributed by atoms with Crippen molar-refractivity contribution >= 4 is 23.4 Å².